The molecule has 214 valence electrons. The van der Waals surface area contributed by atoms with E-state index < -0.39 is 33.2 Å². The molecule has 2 aromatic rings. The normalized spacial score (nSPS) is 21.7. The number of benzene rings is 1. The molecular formula is C27H32FN5O5S2. The molecule has 2 saturated carbocycles. The van der Waals surface area contributed by atoms with Crippen LogP contribution in [0.25, 0.3) is 0 Å². The van der Waals surface area contributed by atoms with Crippen molar-refractivity contribution in [2.45, 2.75) is 50.3 Å². The van der Waals surface area contributed by atoms with Gasteiger partial charge in [-0.3, -0.25) is 19.4 Å². The minimum Gasteiger partial charge on any atom is -0.466 e. The SMILES string of the molecule is COC(=O)C1=C(CN2CC3(CC3)C[C@H]2C(=O)NS(=O)(=O)C2CC2)NC(c2nccs2)=NC1.Cc1ccccc1F. The molecule has 13 heteroatoms. The van der Waals surface area contributed by atoms with E-state index >= 15 is 0 Å². The number of hydrogen-bond donors (Lipinski definition) is 2. The fraction of sp³-hybridized carbons (Fsp3) is 0.481. The number of nitrogens with zero attached hydrogens (tertiary/aromatic N) is 3. The van der Waals surface area contributed by atoms with Crippen molar-refractivity contribution in [2.75, 3.05) is 26.7 Å². The number of carbonyl (C=O) groups is 2. The number of rotatable bonds is 7. The van der Waals surface area contributed by atoms with Gasteiger partial charge in [0.2, 0.25) is 10.0 Å². The number of aromatic nitrogens is 1. The van der Waals surface area contributed by atoms with Crippen LogP contribution in [0.4, 0.5) is 4.39 Å². The van der Waals surface area contributed by atoms with Crippen molar-refractivity contribution >= 4 is 39.1 Å². The number of sulfonamides is 1. The molecule has 4 aliphatic rings. The Morgan fingerprint density at radius 3 is 2.60 bits per heavy atom. The minimum atomic E-state index is -3.62. The first-order chi connectivity index (χ1) is 19.1. The summed E-state index contributed by atoms with van der Waals surface area (Å²) in [6.07, 6.45) is 5.53. The topological polar surface area (TPSA) is 130 Å². The molecule has 10 nitrogen and oxygen atoms in total. The van der Waals surface area contributed by atoms with Crippen LogP contribution in [0.3, 0.4) is 0 Å². The fourth-order valence-corrected chi connectivity index (χ4v) is 6.89. The third-order valence-corrected chi connectivity index (χ3v) is 10.2. The Morgan fingerprint density at radius 2 is 2.02 bits per heavy atom. The predicted octanol–water partition coefficient (Wildman–Crippen LogP) is 2.52. The number of thiazole rings is 1. The van der Waals surface area contributed by atoms with E-state index in [0.29, 0.717) is 53.5 Å². The summed E-state index contributed by atoms with van der Waals surface area (Å²) in [5.74, 6) is -0.523. The van der Waals surface area contributed by atoms with Gasteiger partial charge in [-0.15, -0.1) is 11.3 Å². The summed E-state index contributed by atoms with van der Waals surface area (Å²) in [7, 11) is -2.30. The van der Waals surface area contributed by atoms with E-state index in [2.05, 4.69) is 20.0 Å². The van der Waals surface area contributed by atoms with E-state index in [4.69, 9.17) is 4.74 Å². The standard InChI is InChI=1S/C20H25N5O5S2.C7H7F/c1-30-19(27)13-9-22-16(18-21-6-7-31-18)23-14(13)10-25-11-20(4-5-20)8-15(25)17(26)24-32(28,29)12-2-3-12;1-6-4-2-3-5-7(6)8/h6-7,12,15H,2-5,8-11H2,1H3,(H,22,23)(H,24,26);2-5H,1H3/t15-;/m0./s1. The Labute approximate surface area is 236 Å². The molecule has 2 aliphatic carbocycles. The fourth-order valence-electron chi connectivity index (χ4n) is 4.95. The van der Waals surface area contributed by atoms with E-state index in [9.17, 15) is 22.4 Å². The van der Waals surface area contributed by atoms with E-state index in [-0.39, 0.29) is 24.3 Å². The molecule has 0 bridgehead atoms. The Kier molecular flexibility index (Phi) is 8.07. The number of esters is 1. The van der Waals surface area contributed by atoms with Crippen LogP contribution in [0.15, 0.2) is 52.1 Å². The van der Waals surface area contributed by atoms with Gasteiger partial charge in [-0.1, -0.05) is 18.2 Å². The number of halogens is 1. The van der Waals surface area contributed by atoms with Crippen molar-refractivity contribution in [3.8, 4) is 0 Å². The van der Waals surface area contributed by atoms with E-state index in [1.165, 1.54) is 24.5 Å². The number of amides is 1. The predicted molar refractivity (Wildman–Crippen MR) is 149 cm³/mol. The molecule has 40 heavy (non-hydrogen) atoms. The zero-order valence-corrected chi connectivity index (χ0v) is 24.0. The lowest BCUT2D eigenvalue weighted by Crippen LogP contribution is -2.48. The summed E-state index contributed by atoms with van der Waals surface area (Å²) in [5, 5.41) is 5.31. The van der Waals surface area contributed by atoms with E-state index in [1.54, 1.807) is 25.3 Å². The van der Waals surface area contributed by atoms with Gasteiger partial charge in [0.25, 0.3) is 5.91 Å². The molecule has 0 radical (unpaired) electrons. The molecule has 2 N–H and O–H groups in total. The molecule has 1 spiro atoms. The molecule has 1 aromatic heterocycles. The van der Waals surface area contributed by atoms with Crippen LogP contribution in [0, 0.1) is 18.2 Å². The molecule has 6 rings (SSSR count). The van der Waals surface area contributed by atoms with Crippen molar-refractivity contribution in [1.82, 2.24) is 19.9 Å². The summed E-state index contributed by atoms with van der Waals surface area (Å²) < 4.78 is 44.2. The second-order valence-corrected chi connectivity index (χ2v) is 13.5. The summed E-state index contributed by atoms with van der Waals surface area (Å²) in [4.78, 5) is 36.1. The van der Waals surface area contributed by atoms with Crippen molar-refractivity contribution < 1.29 is 27.1 Å². The van der Waals surface area contributed by atoms with Crippen molar-refractivity contribution in [3.05, 3.63) is 63.5 Å². The minimum absolute atomic E-state index is 0.0538. The van der Waals surface area contributed by atoms with Gasteiger partial charge in [0.15, 0.2) is 10.8 Å². The maximum absolute atomic E-state index is 13.0. The summed E-state index contributed by atoms with van der Waals surface area (Å²) in [6.45, 7) is 2.86. The summed E-state index contributed by atoms with van der Waals surface area (Å²) in [5.41, 5.74) is 1.76. The zero-order valence-electron chi connectivity index (χ0n) is 22.4. The molecule has 3 heterocycles. The average Bonchev–Trinajstić information content (AvgIpc) is 3.83. The molecule has 2 aliphatic heterocycles. The van der Waals surface area contributed by atoms with E-state index in [0.717, 1.165) is 12.8 Å². The monoisotopic (exact) mass is 589 g/mol. The highest BCUT2D eigenvalue weighted by atomic mass is 32.2. The molecule has 0 unspecified atom stereocenters. The molecule has 1 amide bonds. The number of methoxy groups -OCH3 is 1. The zero-order chi connectivity index (χ0) is 28.5. The third-order valence-electron chi connectivity index (χ3n) is 7.60. The largest absolute Gasteiger partial charge is 0.466 e. The number of aliphatic imine (C=N–C) groups is 1. The van der Waals surface area contributed by atoms with Crippen molar-refractivity contribution in [1.29, 1.82) is 0 Å². The number of amidine groups is 1. The first-order valence-corrected chi connectivity index (χ1v) is 15.6. The third kappa shape index (κ3) is 6.42. The van der Waals surface area contributed by atoms with E-state index in [1.807, 2.05) is 16.3 Å². The maximum Gasteiger partial charge on any atom is 0.337 e. The first kappa shape index (κ1) is 28.4. The van der Waals surface area contributed by atoms with Crippen LogP contribution >= 0.6 is 11.3 Å². The van der Waals surface area contributed by atoms with Crippen LogP contribution in [0.2, 0.25) is 0 Å². The smallest absolute Gasteiger partial charge is 0.337 e. The summed E-state index contributed by atoms with van der Waals surface area (Å²) in [6, 6.07) is 6.13. The quantitative estimate of drug-likeness (QED) is 0.472. The van der Waals surface area contributed by atoms with Gasteiger partial charge in [-0.05, 0) is 56.1 Å². The highest BCUT2D eigenvalue weighted by Crippen LogP contribution is 2.55. The first-order valence-electron chi connectivity index (χ1n) is 13.1. The number of nitrogens with one attached hydrogen (secondary N) is 2. The number of likely N-dealkylation sites (tertiary alicyclic amines) is 1. The van der Waals surface area contributed by atoms with Crippen molar-refractivity contribution in [2.24, 2.45) is 10.4 Å². The highest BCUT2D eigenvalue weighted by Gasteiger charge is 2.54. The molecular weight excluding hydrogens is 557 g/mol. The molecule has 1 aromatic carbocycles. The Hall–Kier alpha value is -3.16. The number of hydrogen-bond acceptors (Lipinski definition) is 10. The molecule has 1 atom stereocenters. The van der Waals surface area contributed by atoms with Crippen LogP contribution in [0.1, 0.15) is 42.7 Å². The Balaban J connectivity index is 0.000000348. The van der Waals surface area contributed by atoms with Crippen LogP contribution < -0.4 is 10.0 Å². The lowest BCUT2D eigenvalue weighted by Gasteiger charge is -2.28. The number of aryl methyl sites for hydroxylation is 1. The van der Waals surface area contributed by atoms with Crippen LogP contribution in [-0.2, 0) is 24.3 Å². The summed E-state index contributed by atoms with van der Waals surface area (Å²) >= 11 is 1.43. The van der Waals surface area contributed by atoms with Crippen LogP contribution in [-0.4, -0.2) is 74.0 Å². The van der Waals surface area contributed by atoms with Gasteiger partial charge in [-0.25, -0.2) is 22.6 Å². The van der Waals surface area contributed by atoms with Gasteiger partial charge in [0, 0.05) is 30.4 Å². The van der Waals surface area contributed by atoms with Gasteiger partial charge < -0.3 is 10.1 Å². The lowest BCUT2D eigenvalue weighted by molar-refractivity contribution is -0.136. The van der Waals surface area contributed by atoms with Crippen molar-refractivity contribution in [3.63, 3.8) is 0 Å². The maximum atomic E-state index is 13.0. The second kappa shape index (κ2) is 11.4. The lowest BCUT2D eigenvalue weighted by atomic mass is 10.0. The molecule has 3 fully saturated rings. The van der Waals surface area contributed by atoms with Gasteiger partial charge in [-0.2, -0.15) is 0 Å². The van der Waals surface area contributed by atoms with Gasteiger partial charge in [0.1, 0.15) is 5.82 Å². The van der Waals surface area contributed by atoms with Gasteiger partial charge in [0.05, 0.1) is 30.5 Å². The molecule has 1 saturated heterocycles. The number of ether oxygens (including phenoxy) is 1. The highest BCUT2D eigenvalue weighted by molar-refractivity contribution is 7.90. The Morgan fingerprint density at radius 1 is 1.27 bits per heavy atom. The number of carbonyl (C=O) groups excluding carboxylic acids is 2. The van der Waals surface area contributed by atoms with Crippen LogP contribution in [0.5, 0.6) is 0 Å². The van der Waals surface area contributed by atoms with Gasteiger partial charge >= 0.3 is 5.97 Å². The Bertz CT molecular complexity index is 1430. The second-order valence-electron chi connectivity index (χ2n) is 10.7. The average molecular weight is 590 g/mol.